The van der Waals surface area contributed by atoms with Gasteiger partial charge in [0.1, 0.15) is 6.04 Å². The van der Waals surface area contributed by atoms with Crippen LogP contribution in [0.15, 0.2) is 34.4 Å². The van der Waals surface area contributed by atoms with Crippen molar-refractivity contribution in [2.45, 2.75) is 45.7 Å². The Balaban J connectivity index is 1.73. The number of fused-ring (bicyclic) bond motifs is 3. The molecule has 0 unspecified atom stereocenters. The Morgan fingerprint density at radius 3 is 2.49 bits per heavy atom. The maximum Gasteiger partial charge on any atom is 0.357 e. The van der Waals surface area contributed by atoms with Crippen LogP contribution in [-0.2, 0) is 20.7 Å². The summed E-state index contributed by atoms with van der Waals surface area (Å²) in [7, 11) is 4.59. The van der Waals surface area contributed by atoms with Gasteiger partial charge in [-0.2, -0.15) is 0 Å². The third kappa shape index (κ3) is 6.72. The lowest BCUT2D eigenvalue weighted by atomic mass is 9.95. The van der Waals surface area contributed by atoms with Gasteiger partial charge in [-0.05, 0) is 61.6 Å². The molecule has 2 amide bonds. The molecular weight excluding hydrogens is 576 g/mol. The summed E-state index contributed by atoms with van der Waals surface area (Å²) in [6.07, 6.45) is 1.09. The first kappa shape index (κ1) is 31.3. The molecule has 43 heavy (non-hydrogen) atoms. The first-order valence-electron chi connectivity index (χ1n) is 13.6. The van der Waals surface area contributed by atoms with E-state index in [-0.39, 0.29) is 34.5 Å². The van der Waals surface area contributed by atoms with Crippen LogP contribution in [0.5, 0.6) is 17.2 Å². The highest BCUT2D eigenvalue weighted by Gasteiger charge is 2.29. The van der Waals surface area contributed by atoms with Crippen molar-refractivity contribution < 1.29 is 33.3 Å². The van der Waals surface area contributed by atoms with Crippen LogP contribution in [0.3, 0.4) is 0 Å². The van der Waals surface area contributed by atoms with Gasteiger partial charge in [0.25, 0.3) is 0 Å². The van der Waals surface area contributed by atoms with Crippen LogP contribution in [0.25, 0.3) is 11.1 Å². The second kappa shape index (κ2) is 13.6. The third-order valence-corrected chi connectivity index (χ3v) is 7.66. The number of aryl methyl sites for hydroxylation is 1. The Kier molecular flexibility index (Phi) is 9.86. The second-order valence-electron chi connectivity index (χ2n) is 9.71. The van der Waals surface area contributed by atoms with E-state index < -0.39 is 24.0 Å². The van der Waals surface area contributed by atoms with E-state index in [1.54, 1.807) is 33.1 Å². The summed E-state index contributed by atoms with van der Waals surface area (Å²) in [4.78, 5) is 54.6. The molecule has 0 radical (unpaired) electrons. The van der Waals surface area contributed by atoms with E-state index >= 15 is 0 Å². The molecule has 0 bridgehead atoms. The van der Waals surface area contributed by atoms with Gasteiger partial charge >= 0.3 is 5.97 Å². The van der Waals surface area contributed by atoms with E-state index in [0.29, 0.717) is 41.2 Å². The Labute approximate surface area is 252 Å². The SMILES string of the molecule is CCOC(=O)c1csc(NC(=O)[C@@H](C)Nc2ccc3c(cc2=O)[C@H](NC(C)=O)CCc2cc(OC)c(OC)c(OC)c2-3)n1. The maximum absolute atomic E-state index is 13.5. The molecule has 0 saturated carbocycles. The van der Waals surface area contributed by atoms with Crippen molar-refractivity contribution in [2.24, 2.45) is 0 Å². The summed E-state index contributed by atoms with van der Waals surface area (Å²) in [6.45, 7) is 4.93. The molecule has 1 aliphatic carbocycles. The average molecular weight is 611 g/mol. The normalized spacial score (nSPS) is 14.2. The zero-order chi connectivity index (χ0) is 31.3. The minimum atomic E-state index is -0.845. The minimum Gasteiger partial charge on any atom is -0.493 e. The monoisotopic (exact) mass is 610 g/mol. The van der Waals surface area contributed by atoms with Crippen LogP contribution in [-0.4, -0.2) is 56.7 Å². The number of aromatic nitrogens is 1. The Bertz CT molecular complexity index is 1610. The van der Waals surface area contributed by atoms with Crippen LogP contribution >= 0.6 is 11.3 Å². The second-order valence-corrected chi connectivity index (χ2v) is 10.6. The van der Waals surface area contributed by atoms with Crippen LogP contribution in [0.2, 0.25) is 0 Å². The molecule has 1 aromatic heterocycles. The summed E-state index contributed by atoms with van der Waals surface area (Å²) in [5.74, 6) is 0.0627. The molecular formula is C30H34N4O8S. The molecule has 3 aromatic rings. The van der Waals surface area contributed by atoms with Gasteiger partial charge in [-0.15, -0.1) is 11.3 Å². The number of esters is 1. The van der Waals surface area contributed by atoms with E-state index in [1.807, 2.05) is 6.07 Å². The van der Waals surface area contributed by atoms with Gasteiger partial charge in [-0.3, -0.25) is 14.4 Å². The number of anilines is 2. The van der Waals surface area contributed by atoms with Gasteiger partial charge in [0.05, 0.1) is 39.7 Å². The zero-order valence-corrected chi connectivity index (χ0v) is 25.6. The molecule has 1 aliphatic rings. The Morgan fingerprint density at radius 1 is 1.09 bits per heavy atom. The lowest BCUT2D eigenvalue weighted by molar-refractivity contribution is -0.119. The van der Waals surface area contributed by atoms with Crippen LogP contribution in [0, 0.1) is 0 Å². The Hall–Kier alpha value is -4.65. The highest BCUT2D eigenvalue weighted by atomic mass is 32.1. The molecule has 0 aliphatic heterocycles. The molecule has 12 nitrogen and oxygen atoms in total. The van der Waals surface area contributed by atoms with E-state index in [4.69, 9.17) is 18.9 Å². The van der Waals surface area contributed by atoms with Gasteiger partial charge in [0.2, 0.25) is 23.0 Å². The van der Waals surface area contributed by atoms with Crippen LogP contribution in [0.1, 0.15) is 54.8 Å². The van der Waals surface area contributed by atoms with Crippen molar-refractivity contribution in [1.82, 2.24) is 10.3 Å². The maximum atomic E-state index is 13.5. The highest BCUT2D eigenvalue weighted by molar-refractivity contribution is 7.14. The van der Waals surface area contributed by atoms with Gasteiger partial charge < -0.3 is 34.9 Å². The number of hydrogen-bond donors (Lipinski definition) is 3. The fourth-order valence-electron chi connectivity index (χ4n) is 4.97. The van der Waals surface area contributed by atoms with Gasteiger partial charge in [0.15, 0.2) is 22.3 Å². The van der Waals surface area contributed by atoms with E-state index in [2.05, 4.69) is 20.9 Å². The summed E-state index contributed by atoms with van der Waals surface area (Å²) < 4.78 is 21.9. The van der Waals surface area contributed by atoms with Crippen LogP contribution < -0.4 is 35.6 Å². The molecule has 228 valence electrons. The number of nitrogens with zero attached hydrogens (tertiary/aromatic N) is 1. The van der Waals surface area contributed by atoms with Crippen molar-refractivity contribution in [1.29, 1.82) is 0 Å². The number of hydrogen-bond acceptors (Lipinski definition) is 11. The number of methoxy groups -OCH3 is 3. The molecule has 0 saturated heterocycles. The van der Waals surface area contributed by atoms with Crippen LogP contribution in [0.4, 0.5) is 10.8 Å². The number of nitrogens with one attached hydrogen (secondary N) is 3. The van der Waals surface area contributed by atoms with E-state index in [0.717, 1.165) is 22.5 Å². The molecule has 0 fully saturated rings. The van der Waals surface area contributed by atoms with Crippen molar-refractivity contribution in [3.8, 4) is 28.4 Å². The fraction of sp³-hybridized carbons (Fsp3) is 0.367. The summed E-state index contributed by atoms with van der Waals surface area (Å²) in [6, 6.07) is 5.41. The molecule has 4 rings (SSSR count). The summed E-state index contributed by atoms with van der Waals surface area (Å²) >= 11 is 1.08. The molecule has 13 heteroatoms. The molecule has 2 atom stereocenters. The first-order chi connectivity index (χ1) is 20.6. The number of rotatable bonds is 10. The predicted molar refractivity (Wildman–Crippen MR) is 162 cm³/mol. The average Bonchev–Trinajstić information content (AvgIpc) is 3.33. The quantitative estimate of drug-likeness (QED) is 0.288. The number of carbonyl (C=O) groups excluding carboxylic acids is 3. The number of carbonyl (C=O) groups is 3. The van der Waals surface area contributed by atoms with Gasteiger partial charge in [-0.25, -0.2) is 9.78 Å². The number of benzene rings is 1. The lowest BCUT2D eigenvalue weighted by Crippen LogP contribution is -2.33. The smallest absolute Gasteiger partial charge is 0.357 e. The fourth-order valence-corrected chi connectivity index (χ4v) is 5.65. The number of amides is 2. The first-order valence-corrected chi connectivity index (χ1v) is 14.5. The third-order valence-electron chi connectivity index (χ3n) is 6.90. The van der Waals surface area contributed by atoms with Gasteiger partial charge in [-0.1, -0.05) is 6.07 Å². The van der Waals surface area contributed by atoms with Gasteiger partial charge in [0, 0.05) is 17.9 Å². The molecule has 0 spiro atoms. The standard InChI is InChI=1S/C30H34N4O8S/c1-7-42-29(38)22-14-43-30(33-22)34-28(37)15(2)31-21-11-9-18-19(13-23(21)36)20(32-16(3)35)10-8-17-12-24(39-4)26(40-5)27(41-6)25(17)18/h9,11-15,20H,7-8,10H2,1-6H3,(H,31,36)(H,32,35)(H,33,34,37)/t15-,20-/m1/s1. The highest BCUT2D eigenvalue weighted by Crippen LogP contribution is 2.50. The molecule has 2 aromatic carbocycles. The zero-order valence-electron chi connectivity index (χ0n) is 24.8. The summed E-state index contributed by atoms with van der Waals surface area (Å²) in [5.41, 5.74) is 2.78. The van der Waals surface area contributed by atoms with E-state index in [9.17, 15) is 19.2 Å². The lowest BCUT2D eigenvalue weighted by Gasteiger charge is -2.19. The molecule has 1 heterocycles. The number of thiazole rings is 1. The molecule has 3 N–H and O–H groups in total. The topological polar surface area (TPSA) is 154 Å². The van der Waals surface area contributed by atoms with Crippen molar-refractivity contribution >= 4 is 39.9 Å². The summed E-state index contributed by atoms with van der Waals surface area (Å²) in [5, 5.41) is 10.3. The van der Waals surface area contributed by atoms with Crippen molar-refractivity contribution in [2.75, 3.05) is 38.6 Å². The number of ether oxygens (including phenoxy) is 4. The largest absolute Gasteiger partial charge is 0.493 e. The van der Waals surface area contributed by atoms with Crippen molar-refractivity contribution in [3.63, 3.8) is 0 Å². The van der Waals surface area contributed by atoms with Crippen molar-refractivity contribution in [3.05, 3.63) is 56.7 Å². The van der Waals surface area contributed by atoms with E-state index in [1.165, 1.54) is 32.6 Å². The predicted octanol–water partition coefficient (Wildman–Crippen LogP) is 3.94. The Morgan fingerprint density at radius 2 is 1.84 bits per heavy atom. The minimum absolute atomic E-state index is 0.0971.